The van der Waals surface area contributed by atoms with E-state index in [1.807, 2.05) is 52.4 Å². The van der Waals surface area contributed by atoms with Crippen LogP contribution in [0.1, 0.15) is 51.9 Å². The van der Waals surface area contributed by atoms with Gasteiger partial charge in [0, 0.05) is 76.8 Å². The van der Waals surface area contributed by atoms with Crippen LogP contribution in [-0.4, -0.2) is 90.3 Å². The van der Waals surface area contributed by atoms with E-state index in [0.717, 1.165) is 53.3 Å². The van der Waals surface area contributed by atoms with Gasteiger partial charge in [-0.05, 0) is 67.8 Å². The fourth-order valence-corrected chi connectivity index (χ4v) is 5.72. The summed E-state index contributed by atoms with van der Waals surface area (Å²) in [4.78, 5) is 24.5. The second-order valence-electron chi connectivity index (χ2n) is 11.3. The number of hydrogen-bond acceptors (Lipinski definition) is 5. The number of aryl methyl sites for hydroxylation is 3. The fraction of sp³-hybridized carbons (Fsp3) is 0.424. The summed E-state index contributed by atoms with van der Waals surface area (Å²) in [6.45, 7) is 11.8. The first-order chi connectivity index (χ1) is 19.1. The lowest BCUT2D eigenvalue weighted by Gasteiger charge is -2.35. The van der Waals surface area contributed by atoms with E-state index in [2.05, 4.69) is 84.1 Å². The number of pyridine rings is 1. The molecule has 212 valence electrons. The molecular formula is C33H44N6O. The minimum Gasteiger partial charge on any atom is -0.331 e. The summed E-state index contributed by atoms with van der Waals surface area (Å²) in [5.74, 6) is 0.251. The van der Waals surface area contributed by atoms with Crippen LogP contribution in [0.3, 0.4) is 0 Å². The smallest absolute Gasteiger partial charge is 0.320 e. The monoisotopic (exact) mass is 540 g/mol. The molecule has 0 unspecified atom stereocenters. The number of benzene rings is 2. The van der Waals surface area contributed by atoms with E-state index in [9.17, 15) is 4.79 Å². The van der Waals surface area contributed by atoms with Gasteiger partial charge in [-0.3, -0.25) is 4.98 Å². The minimum atomic E-state index is 0.0392. The number of likely N-dealkylation sites (N-methyl/N-ethyl adjacent to an activating group) is 1. The Kier molecular flexibility index (Phi) is 9.25. The van der Waals surface area contributed by atoms with Crippen LogP contribution in [0.4, 0.5) is 4.79 Å². The van der Waals surface area contributed by atoms with Gasteiger partial charge < -0.3 is 19.7 Å². The van der Waals surface area contributed by atoms with Gasteiger partial charge in [0.2, 0.25) is 0 Å². The molecule has 2 amide bonds. The van der Waals surface area contributed by atoms with E-state index in [0.29, 0.717) is 6.54 Å². The van der Waals surface area contributed by atoms with E-state index in [1.165, 1.54) is 11.1 Å². The number of rotatable bonds is 8. The summed E-state index contributed by atoms with van der Waals surface area (Å²) in [5.41, 5.74) is 8.70. The van der Waals surface area contributed by atoms with E-state index in [-0.39, 0.29) is 18.0 Å². The summed E-state index contributed by atoms with van der Waals surface area (Å²) in [6, 6.07) is 19.3. The largest absolute Gasteiger partial charge is 0.331 e. The van der Waals surface area contributed by atoms with Gasteiger partial charge in [0.15, 0.2) is 0 Å². The highest BCUT2D eigenvalue weighted by Gasteiger charge is 2.39. The van der Waals surface area contributed by atoms with E-state index >= 15 is 0 Å². The second-order valence-corrected chi connectivity index (χ2v) is 11.3. The summed E-state index contributed by atoms with van der Waals surface area (Å²) >= 11 is 0. The molecule has 0 bridgehead atoms. The lowest BCUT2D eigenvalue weighted by Crippen LogP contribution is -2.48. The first-order valence-electron chi connectivity index (χ1n) is 14.1. The number of amides is 2. The predicted molar refractivity (Wildman–Crippen MR) is 164 cm³/mol. The zero-order valence-corrected chi connectivity index (χ0v) is 25.3. The highest BCUT2D eigenvalue weighted by atomic mass is 16.2. The Morgan fingerprint density at radius 2 is 1.70 bits per heavy atom. The van der Waals surface area contributed by atoms with Gasteiger partial charge in [-0.25, -0.2) is 4.79 Å². The van der Waals surface area contributed by atoms with Crippen molar-refractivity contribution >= 4 is 11.7 Å². The molecular weight excluding hydrogens is 496 g/mol. The van der Waals surface area contributed by atoms with E-state index < -0.39 is 0 Å². The Bertz CT molecular complexity index is 1350. The van der Waals surface area contributed by atoms with E-state index in [1.54, 1.807) is 4.90 Å². The number of hydrazone groups is 1. The van der Waals surface area contributed by atoms with Crippen LogP contribution in [0.5, 0.6) is 0 Å². The first kappa shape index (κ1) is 29.3. The van der Waals surface area contributed by atoms with Gasteiger partial charge in [0.1, 0.15) is 0 Å². The third kappa shape index (κ3) is 6.53. The van der Waals surface area contributed by atoms with Crippen molar-refractivity contribution in [3.63, 3.8) is 0 Å². The molecule has 1 saturated heterocycles. The van der Waals surface area contributed by atoms with Crippen LogP contribution in [0.25, 0.3) is 0 Å². The van der Waals surface area contributed by atoms with Crippen molar-refractivity contribution in [1.82, 2.24) is 24.7 Å². The molecule has 7 heteroatoms. The summed E-state index contributed by atoms with van der Waals surface area (Å²) in [6.07, 6.45) is 1.83. The van der Waals surface area contributed by atoms with Gasteiger partial charge in [-0.2, -0.15) is 5.10 Å². The van der Waals surface area contributed by atoms with Crippen molar-refractivity contribution < 1.29 is 4.79 Å². The number of likely N-dealkylation sites (tertiary alicyclic amines) is 1. The van der Waals surface area contributed by atoms with Crippen LogP contribution >= 0.6 is 0 Å². The Morgan fingerprint density at radius 3 is 2.33 bits per heavy atom. The Balaban J connectivity index is 1.79. The second kappa shape index (κ2) is 12.6. The van der Waals surface area contributed by atoms with Crippen molar-refractivity contribution in [1.29, 1.82) is 0 Å². The van der Waals surface area contributed by atoms with Gasteiger partial charge in [0.25, 0.3) is 0 Å². The van der Waals surface area contributed by atoms with Crippen LogP contribution < -0.4 is 0 Å². The molecule has 0 radical (unpaired) electrons. The van der Waals surface area contributed by atoms with Gasteiger partial charge in [-0.15, -0.1) is 0 Å². The highest BCUT2D eigenvalue weighted by Crippen LogP contribution is 2.33. The lowest BCUT2D eigenvalue weighted by molar-refractivity contribution is 0.141. The zero-order chi connectivity index (χ0) is 29.0. The number of carbonyl (C=O) groups excluding carboxylic acids is 1. The maximum Gasteiger partial charge on any atom is 0.320 e. The average molecular weight is 541 g/mol. The predicted octanol–water partition coefficient (Wildman–Crippen LogP) is 5.29. The molecule has 1 aliphatic heterocycles. The summed E-state index contributed by atoms with van der Waals surface area (Å²) in [5, 5.41) is 6.75. The maximum atomic E-state index is 13.8. The van der Waals surface area contributed by atoms with Gasteiger partial charge in [0.05, 0.1) is 11.8 Å². The Hall–Kier alpha value is -3.71. The molecule has 40 heavy (non-hydrogen) atoms. The molecule has 2 aromatic carbocycles. The van der Waals surface area contributed by atoms with Gasteiger partial charge >= 0.3 is 6.03 Å². The van der Waals surface area contributed by atoms with Crippen molar-refractivity contribution in [2.45, 2.75) is 46.2 Å². The van der Waals surface area contributed by atoms with Crippen LogP contribution in [0.15, 0.2) is 65.9 Å². The molecule has 4 rings (SSSR count). The summed E-state index contributed by atoms with van der Waals surface area (Å²) in [7, 11) is 7.58. The molecule has 7 nitrogen and oxygen atoms in total. The maximum absolute atomic E-state index is 13.8. The van der Waals surface area contributed by atoms with Crippen LogP contribution in [-0.2, 0) is 6.54 Å². The topological polar surface area (TPSA) is 55.3 Å². The normalized spacial score (nSPS) is 17.6. The zero-order valence-electron chi connectivity index (χ0n) is 25.3. The number of carbonyl (C=O) groups is 1. The van der Waals surface area contributed by atoms with Crippen molar-refractivity contribution in [2.24, 2.45) is 5.10 Å². The lowest BCUT2D eigenvalue weighted by atomic mass is 9.91. The number of urea groups is 1. The molecule has 0 spiro atoms. The molecule has 0 aliphatic carbocycles. The van der Waals surface area contributed by atoms with Crippen molar-refractivity contribution in [3.05, 3.63) is 99.9 Å². The molecule has 0 saturated carbocycles. The third-order valence-corrected chi connectivity index (χ3v) is 7.82. The highest BCUT2D eigenvalue weighted by molar-refractivity contribution is 6.13. The SMILES string of the molecule is CCN1C[C@@H](N(Cc2cc(/C(=N\N(C)C)c3ccnc(C)c3)c(C)cc2C)C(=O)N(C)C)[C@H](c2ccccc2)C1. The van der Waals surface area contributed by atoms with Crippen LogP contribution in [0, 0.1) is 20.8 Å². The minimum absolute atomic E-state index is 0.0392. The Labute approximate surface area is 240 Å². The van der Waals surface area contributed by atoms with Crippen molar-refractivity contribution in [2.75, 3.05) is 47.8 Å². The van der Waals surface area contributed by atoms with E-state index in [4.69, 9.17) is 5.10 Å². The number of nitrogens with zero attached hydrogens (tertiary/aromatic N) is 6. The van der Waals surface area contributed by atoms with Gasteiger partial charge in [-0.1, -0.05) is 43.3 Å². The quantitative estimate of drug-likeness (QED) is 0.288. The summed E-state index contributed by atoms with van der Waals surface area (Å²) < 4.78 is 0. The number of hydrogen-bond donors (Lipinski definition) is 0. The fourth-order valence-electron chi connectivity index (χ4n) is 5.72. The molecule has 1 fully saturated rings. The Morgan fingerprint density at radius 1 is 0.975 bits per heavy atom. The van der Waals surface area contributed by atoms with Crippen molar-refractivity contribution in [3.8, 4) is 0 Å². The van der Waals surface area contributed by atoms with Crippen LogP contribution in [0.2, 0.25) is 0 Å². The molecule has 1 aromatic heterocycles. The molecule has 1 aliphatic rings. The molecule has 0 N–H and O–H groups in total. The molecule has 2 atom stereocenters. The third-order valence-electron chi connectivity index (χ3n) is 7.82. The molecule has 2 heterocycles. The standard InChI is InChI=1S/C33H44N6O/c1-9-38-21-30(26-13-11-10-12-14-26)31(22-38)39(33(40)36(5)6)20-28-19-29(24(3)17-23(28)2)32(35-37(7)8)27-15-16-34-25(4)18-27/h10-19,30-31H,9,20-22H2,1-8H3/b35-32-/t30-,31+/m0/s1. The average Bonchev–Trinajstić information content (AvgIpc) is 3.36. The first-order valence-corrected chi connectivity index (χ1v) is 14.1. The number of aromatic nitrogens is 1. The molecule has 3 aromatic rings.